The Hall–Kier alpha value is -2.23. The number of hydrogen-bond donors (Lipinski definition) is 0. The molecule has 0 amide bonds. The van der Waals surface area contributed by atoms with Crippen molar-refractivity contribution in [1.82, 2.24) is 0 Å². The van der Waals surface area contributed by atoms with E-state index in [0.717, 1.165) is 5.56 Å². The molecule has 33 heavy (non-hydrogen) atoms. The number of nitrogens with zero attached hydrogens (tertiary/aromatic N) is 2. The van der Waals surface area contributed by atoms with Gasteiger partial charge in [0.05, 0.1) is 28.2 Å². The van der Waals surface area contributed by atoms with E-state index in [1.54, 1.807) is 0 Å². The highest BCUT2D eigenvalue weighted by atomic mass is 32.2. The Morgan fingerprint density at radius 1 is 1.18 bits per heavy atom. The van der Waals surface area contributed by atoms with Crippen LogP contribution in [-0.4, -0.2) is 34.3 Å². The average Bonchev–Trinajstić information content (AvgIpc) is 3.10. The first-order valence-electron chi connectivity index (χ1n) is 11.2. The second-order valence-electron chi connectivity index (χ2n) is 10.5. The molecule has 0 unspecified atom stereocenters. The highest BCUT2D eigenvalue weighted by Crippen LogP contribution is 2.41. The van der Waals surface area contributed by atoms with Gasteiger partial charge in [0.15, 0.2) is 8.32 Å². The molecule has 0 N–H and O–H groups in total. The molecule has 180 valence electrons. The first-order chi connectivity index (χ1) is 15.2. The fourth-order valence-electron chi connectivity index (χ4n) is 3.85. The Labute approximate surface area is 198 Å². The summed E-state index contributed by atoms with van der Waals surface area (Å²) < 4.78 is 36.0. The van der Waals surface area contributed by atoms with Crippen molar-refractivity contribution in [2.75, 3.05) is 10.9 Å². The fourth-order valence-corrected chi connectivity index (χ4v) is 6.90. The molecule has 2 aromatic carbocycles. The summed E-state index contributed by atoms with van der Waals surface area (Å²) in [4.78, 5) is 10.9. The molecule has 7 nitrogen and oxygen atoms in total. The van der Waals surface area contributed by atoms with Gasteiger partial charge in [-0.25, -0.2) is 8.42 Å². The van der Waals surface area contributed by atoms with Gasteiger partial charge in [-0.2, -0.15) is 0 Å². The molecular formula is C24H34N2O5SSi. The number of nitro groups is 1. The minimum atomic E-state index is -3.98. The van der Waals surface area contributed by atoms with E-state index in [-0.39, 0.29) is 27.6 Å². The number of nitro benzene ring substituents is 1. The van der Waals surface area contributed by atoms with E-state index in [9.17, 15) is 18.5 Å². The molecule has 0 aliphatic carbocycles. The SMILES string of the molecule is CC(C)c1cc([N+](=O)[O-])ccc1S(=O)(=O)N1c2ccccc2C[C@@H]1CO[Si](C)(C)C(C)(C)C. The zero-order valence-electron chi connectivity index (χ0n) is 20.5. The summed E-state index contributed by atoms with van der Waals surface area (Å²) in [6, 6.07) is 11.1. The van der Waals surface area contributed by atoms with Crippen LogP contribution >= 0.6 is 0 Å². The predicted molar refractivity (Wildman–Crippen MR) is 134 cm³/mol. The Morgan fingerprint density at radius 3 is 2.39 bits per heavy atom. The van der Waals surface area contributed by atoms with Gasteiger partial charge in [-0.1, -0.05) is 52.8 Å². The average molecular weight is 491 g/mol. The van der Waals surface area contributed by atoms with Crippen LogP contribution in [0.2, 0.25) is 18.1 Å². The van der Waals surface area contributed by atoms with Crippen LogP contribution in [0.5, 0.6) is 0 Å². The predicted octanol–water partition coefficient (Wildman–Crippen LogP) is 5.86. The van der Waals surface area contributed by atoms with Crippen molar-refractivity contribution in [3.63, 3.8) is 0 Å². The second kappa shape index (κ2) is 8.85. The highest BCUT2D eigenvalue weighted by molar-refractivity contribution is 7.93. The van der Waals surface area contributed by atoms with E-state index in [0.29, 0.717) is 24.3 Å². The monoisotopic (exact) mass is 490 g/mol. The standard InChI is InChI=1S/C24H34N2O5SSi/c1-17(2)21-15-19(26(27)28)12-13-23(21)32(29,30)25-20(14-18-10-8-9-11-22(18)25)16-31-33(6,7)24(3,4)5/h8-13,15,17,20H,14,16H2,1-7H3/t20-/m1/s1. The molecule has 9 heteroatoms. The largest absolute Gasteiger partial charge is 0.415 e. The van der Waals surface area contributed by atoms with Gasteiger partial charge < -0.3 is 4.43 Å². The first kappa shape index (κ1) is 25.4. The maximum atomic E-state index is 14.0. The number of hydrogen-bond acceptors (Lipinski definition) is 5. The van der Waals surface area contributed by atoms with Gasteiger partial charge >= 0.3 is 0 Å². The smallest absolute Gasteiger partial charge is 0.269 e. The molecule has 1 aliphatic rings. The van der Waals surface area contributed by atoms with Crippen LogP contribution in [0.15, 0.2) is 47.4 Å². The third kappa shape index (κ3) is 4.85. The molecule has 0 bridgehead atoms. The summed E-state index contributed by atoms with van der Waals surface area (Å²) in [5.74, 6) is -0.200. The van der Waals surface area contributed by atoms with Crippen LogP contribution in [-0.2, 0) is 20.9 Å². The maximum Gasteiger partial charge on any atom is 0.269 e. The Kier molecular flexibility index (Phi) is 6.81. The topological polar surface area (TPSA) is 89.8 Å². The van der Waals surface area contributed by atoms with Crippen LogP contribution in [0.3, 0.4) is 0 Å². The number of non-ortho nitro benzene ring substituents is 1. The maximum absolute atomic E-state index is 14.0. The van der Waals surface area contributed by atoms with Crippen molar-refractivity contribution >= 4 is 29.7 Å². The van der Waals surface area contributed by atoms with Gasteiger partial charge in [-0.15, -0.1) is 0 Å². The highest BCUT2D eigenvalue weighted by Gasteiger charge is 2.43. The Morgan fingerprint density at radius 2 is 1.82 bits per heavy atom. The van der Waals surface area contributed by atoms with Crippen LogP contribution in [0.25, 0.3) is 0 Å². The minimum absolute atomic E-state index is 0.00530. The number of rotatable bonds is 7. The van der Waals surface area contributed by atoms with E-state index in [1.807, 2.05) is 38.1 Å². The first-order valence-corrected chi connectivity index (χ1v) is 15.6. The molecule has 0 fully saturated rings. The van der Waals surface area contributed by atoms with Crippen molar-refractivity contribution in [2.24, 2.45) is 0 Å². The molecule has 2 aromatic rings. The summed E-state index contributed by atoms with van der Waals surface area (Å²) in [7, 11) is -6.07. The number of benzene rings is 2. The molecule has 0 radical (unpaired) electrons. The Balaban J connectivity index is 2.08. The second-order valence-corrected chi connectivity index (χ2v) is 17.1. The third-order valence-corrected chi connectivity index (χ3v) is 13.3. The van der Waals surface area contributed by atoms with Crippen molar-refractivity contribution in [2.45, 2.75) is 76.0 Å². The molecule has 1 aliphatic heterocycles. The number of fused-ring (bicyclic) bond motifs is 1. The normalized spacial score (nSPS) is 16.8. The molecule has 3 rings (SSSR count). The number of sulfonamides is 1. The molecule has 1 heterocycles. The minimum Gasteiger partial charge on any atom is -0.415 e. The van der Waals surface area contributed by atoms with E-state index < -0.39 is 23.3 Å². The van der Waals surface area contributed by atoms with E-state index in [2.05, 4.69) is 33.9 Å². The van der Waals surface area contributed by atoms with E-state index >= 15 is 0 Å². The van der Waals surface area contributed by atoms with Gasteiger partial charge in [-0.3, -0.25) is 14.4 Å². The molecular weight excluding hydrogens is 456 g/mol. The summed E-state index contributed by atoms with van der Waals surface area (Å²) in [6.45, 7) is 14.8. The third-order valence-electron chi connectivity index (χ3n) is 6.82. The number of para-hydroxylation sites is 1. The zero-order chi connectivity index (χ0) is 24.8. The van der Waals surface area contributed by atoms with Crippen LogP contribution in [0.1, 0.15) is 51.7 Å². The summed E-state index contributed by atoms with van der Waals surface area (Å²) in [5.41, 5.74) is 1.93. The molecule has 0 aromatic heterocycles. The summed E-state index contributed by atoms with van der Waals surface area (Å²) in [5, 5.41) is 11.3. The molecule has 0 saturated carbocycles. The lowest BCUT2D eigenvalue weighted by atomic mass is 10.0. The Bertz CT molecular complexity index is 1160. The summed E-state index contributed by atoms with van der Waals surface area (Å²) >= 11 is 0. The fraction of sp³-hybridized carbons (Fsp3) is 0.500. The van der Waals surface area contributed by atoms with E-state index in [4.69, 9.17) is 4.43 Å². The van der Waals surface area contributed by atoms with Crippen molar-refractivity contribution in [3.05, 3.63) is 63.7 Å². The quantitative estimate of drug-likeness (QED) is 0.275. The van der Waals surface area contributed by atoms with Crippen molar-refractivity contribution in [3.8, 4) is 0 Å². The lowest BCUT2D eigenvalue weighted by molar-refractivity contribution is -0.385. The van der Waals surface area contributed by atoms with Gasteiger partial charge in [0.25, 0.3) is 15.7 Å². The van der Waals surface area contributed by atoms with Crippen LogP contribution in [0, 0.1) is 10.1 Å². The molecule has 0 saturated heterocycles. The zero-order valence-corrected chi connectivity index (χ0v) is 22.3. The van der Waals surface area contributed by atoms with E-state index in [1.165, 1.54) is 22.5 Å². The van der Waals surface area contributed by atoms with Crippen molar-refractivity contribution < 1.29 is 17.8 Å². The van der Waals surface area contributed by atoms with Gasteiger partial charge in [0, 0.05) is 12.1 Å². The number of anilines is 1. The summed E-state index contributed by atoms with van der Waals surface area (Å²) in [6.07, 6.45) is 0.564. The van der Waals surface area contributed by atoms with Gasteiger partial charge in [0.2, 0.25) is 0 Å². The lowest BCUT2D eigenvalue weighted by Crippen LogP contribution is -2.47. The van der Waals surface area contributed by atoms with Gasteiger partial charge in [-0.05, 0) is 53.7 Å². The van der Waals surface area contributed by atoms with Crippen molar-refractivity contribution in [1.29, 1.82) is 0 Å². The molecule has 1 atom stereocenters. The lowest BCUT2D eigenvalue weighted by Gasteiger charge is -2.38. The van der Waals surface area contributed by atoms with Crippen LogP contribution < -0.4 is 4.31 Å². The van der Waals surface area contributed by atoms with Crippen LogP contribution in [0.4, 0.5) is 11.4 Å². The molecule has 0 spiro atoms. The van der Waals surface area contributed by atoms with Gasteiger partial charge in [0.1, 0.15) is 0 Å².